The summed E-state index contributed by atoms with van der Waals surface area (Å²) < 4.78 is 5.49. The third-order valence-corrected chi connectivity index (χ3v) is 4.16. The minimum Gasteiger partial charge on any atom is -0.494 e. The Morgan fingerprint density at radius 3 is 2.46 bits per heavy atom. The summed E-state index contributed by atoms with van der Waals surface area (Å²) in [5.41, 5.74) is 0.356. The zero-order valence-electron chi connectivity index (χ0n) is 15.1. The predicted octanol–water partition coefficient (Wildman–Crippen LogP) is 3.98. The molecule has 0 aliphatic heterocycles. The number of carbonyl (C=O) groups excluding carboxylic acids is 1. The van der Waals surface area contributed by atoms with Gasteiger partial charge in [0.2, 0.25) is 0 Å². The Hall–Kier alpha value is -3.13. The summed E-state index contributed by atoms with van der Waals surface area (Å²) in [5, 5.41) is 22.5. The molecule has 2 N–H and O–H groups in total. The number of carboxylic acid groups (broad SMARTS) is 1. The molecule has 1 atom stereocenters. The lowest BCUT2D eigenvalue weighted by atomic mass is 10.0. The van der Waals surface area contributed by atoms with Crippen LogP contribution in [0.1, 0.15) is 41.7 Å². The molecule has 2 aromatic carbocycles. The maximum absolute atomic E-state index is 12.5. The Kier molecular flexibility index (Phi) is 7.34. The number of carbonyl (C=O) groups is 2. The first kappa shape index (κ1) is 21.2. The van der Waals surface area contributed by atoms with E-state index in [4.69, 9.17) is 16.3 Å². The van der Waals surface area contributed by atoms with E-state index in [9.17, 15) is 24.8 Å². The second-order valence-electron chi connectivity index (χ2n) is 5.96. The van der Waals surface area contributed by atoms with Crippen molar-refractivity contribution >= 4 is 29.2 Å². The standard InChI is InChI=1S/C19H19ClN2O6/c1-2-9-28-14-6-3-12(4-7-14)17(11-18(23)24)21-19(25)15-8-5-13(22(26)27)10-16(15)20/h3-8,10,17H,2,9,11H2,1H3,(H,21,25)(H,23,24). The molecule has 2 aromatic rings. The van der Waals surface area contributed by atoms with Crippen LogP contribution in [0.4, 0.5) is 5.69 Å². The molecular formula is C19H19ClN2O6. The molecule has 1 unspecified atom stereocenters. The van der Waals surface area contributed by atoms with E-state index in [1.54, 1.807) is 24.3 Å². The van der Waals surface area contributed by atoms with Gasteiger partial charge in [-0.25, -0.2) is 0 Å². The first-order valence-corrected chi connectivity index (χ1v) is 8.89. The lowest BCUT2D eigenvalue weighted by Gasteiger charge is -2.18. The topological polar surface area (TPSA) is 119 Å². The minimum absolute atomic E-state index is 0.0190. The first-order valence-electron chi connectivity index (χ1n) is 8.51. The van der Waals surface area contributed by atoms with Crippen LogP contribution in [0.2, 0.25) is 5.02 Å². The lowest BCUT2D eigenvalue weighted by molar-refractivity contribution is -0.384. The van der Waals surface area contributed by atoms with E-state index in [2.05, 4.69) is 5.32 Å². The smallest absolute Gasteiger partial charge is 0.305 e. The summed E-state index contributed by atoms with van der Waals surface area (Å²) in [6.45, 7) is 2.55. The van der Waals surface area contributed by atoms with Gasteiger partial charge in [0, 0.05) is 12.1 Å². The molecule has 0 bridgehead atoms. The molecule has 0 saturated carbocycles. The van der Waals surface area contributed by atoms with E-state index in [1.165, 1.54) is 6.07 Å². The van der Waals surface area contributed by atoms with Crippen molar-refractivity contribution in [3.05, 3.63) is 68.7 Å². The zero-order valence-corrected chi connectivity index (χ0v) is 15.8. The maximum Gasteiger partial charge on any atom is 0.305 e. The van der Waals surface area contributed by atoms with Crippen LogP contribution in [0.15, 0.2) is 42.5 Å². The highest BCUT2D eigenvalue weighted by atomic mass is 35.5. The Morgan fingerprint density at radius 2 is 1.93 bits per heavy atom. The van der Waals surface area contributed by atoms with Crippen LogP contribution < -0.4 is 10.1 Å². The SMILES string of the molecule is CCCOc1ccc(C(CC(=O)O)NC(=O)c2ccc([N+](=O)[O-])cc2Cl)cc1. The fourth-order valence-electron chi connectivity index (χ4n) is 2.48. The first-order chi connectivity index (χ1) is 13.3. The van der Waals surface area contributed by atoms with E-state index >= 15 is 0 Å². The molecule has 0 aliphatic carbocycles. The summed E-state index contributed by atoms with van der Waals surface area (Å²) in [5.74, 6) is -1.08. The van der Waals surface area contributed by atoms with Gasteiger partial charge < -0.3 is 15.2 Å². The van der Waals surface area contributed by atoms with E-state index in [-0.39, 0.29) is 22.7 Å². The van der Waals surface area contributed by atoms with Gasteiger partial charge in [0.25, 0.3) is 11.6 Å². The number of nitro groups is 1. The molecule has 8 nitrogen and oxygen atoms in total. The third kappa shape index (κ3) is 5.68. The molecule has 0 fully saturated rings. The van der Waals surface area contributed by atoms with Crippen LogP contribution in [0.5, 0.6) is 5.75 Å². The van der Waals surface area contributed by atoms with Gasteiger partial charge in [-0.2, -0.15) is 0 Å². The molecule has 0 heterocycles. The van der Waals surface area contributed by atoms with Gasteiger partial charge in [-0.15, -0.1) is 0 Å². The number of rotatable bonds is 9. The monoisotopic (exact) mass is 406 g/mol. The number of amides is 1. The van der Waals surface area contributed by atoms with Crippen molar-refractivity contribution in [2.75, 3.05) is 6.61 Å². The Labute approximate surface area is 166 Å². The van der Waals surface area contributed by atoms with Crippen molar-refractivity contribution in [3.63, 3.8) is 0 Å². The highest BCUT2D eigenvalue weighted by Gasteiger charge is 2.21. The molecule has 2 rings (SSSR count). The number of hydrogen-bond donors (Lipinski definition) is 2. The second kappa shape index (κ2) is 9.70. The third-order valence-electron chi connectivity index (χ3n) is 3.85. The van der Waals surface area contributed by atoms with Crippen LogP contribution in [-0.4, -0.2) is 28.5 Å². The minimum atomic E-state index is -1.09. The van der Waals surface area contributed by atoms with Crippen molar-refractivity contribution < 1.29 is 24.4 Å². The number of nitro benzene ring substituents is 1. The average molecular weight is 407 g/mol. The van der Waals surface area contributed by atoms with Gasteiger partial charge in [0.1, 0.15) is 5.75 Å². The van der Waals surface area contributed by atoms with Crippen LogP contribution in [-0.2, 0) is 4.79 Å². The van der Waals surface area contributed by atoms with Crippen LogP contribution >= 0.6 is 11.6 Å². The Bertz CT molecular complexity index is 869. The number of hydrogen-bond acceptors (Lipinski definition) is 5. The number of aliphatic carboxylic acids is 1. The van der Waals surface area contributed by atoms with Crippen LogP contribution in [0, 0.1) is 10.1 Å². The summed E-state index contributed by atoms with van der Waals surface area (Å²) >= 11 is 5.97. The fraction of sp³-hybridized carbons (Fsp3) is 0.263. The Morgan fingerprint density at radius 1 is 1.25 bits per heavy atom. The summed E-state index contributed by atoms with van der Waals surface area (Å²) in [4.78, 5) is 33.9. The predicted molar refractivity (Wildman–Crippen MR) is 103 cm³/mol. The van der Waals surface area contributed by atoms with Gasteiger partial charge in [-0.05, 0) is 30.2 Å². The highest BCUT2D eigenvalue weighted by molar-refractivity contribution is 6.34. The van der Waals surface area contributed by atoms with Crippen LogP contribution in [0.25, 0.3) is 0 Å². The van der Waals surface area contributed by atoms with E-state index < -0.39 is 22.8 Å². The molecule has 148 valence electrons. The number of carboxylic acids is 1. The van der Waals surface area contributed by atoms with Crippen molar-refractivity contribution in [2.24, 2.45) is 0 Å². The molecule has 1 amide bonds. The molecular weight excluding hydrogens is 388 g/mol. The normalized spacial score (nSPS) is 11.5. The molecule has 0 spiro atoms. The molecule has 0 saturated heterocycles. The highest BCUT2D eigenvalue weighted by Crippen LogP contribution is 2.25. The van der Waals surface area contributed by atoms with Crippen molar-refractivity contribution in [1.29, 1.82) is 0 Å². The van der Waals surface area contributed by atoms with Gasteiger partial charge in [-0.1, -0.05) is 30.7 Å². The van der Waals surface area contributed by atoms with Crippen LogP contribution in [0.3, 0.4) is 0 Å². The summed E-state index contributed by atoms with van der Waals surface area (Å²) in [6.07, 6.45) is 0.515. The maximum atomic E-state index is 12.5. The molecule has 0 aliphatic rings. The van der Waals surface area contributed by atoms with Crippen molar-refractivity contribution in [3.8, 4) is 5.75 Å². The number of halogens is 1. The Balaban J connectivity index is 2.20. The summed E-state index contributed by atoms with van der Waals surface area (Å²) in [7, 11) is 0. The number of non-ortho nitro benzene ring substituents is 1. The number of nitrogens with zero attached hydrogens (tertiary/aromatic N) is 1. The van der Waals surface area contributed by atoms with E-state index in [0.29, 0.717) is 17.9 Å². The molecule has 28 heavy (non-hydrogen) atoms. The number of benzene rings is 2. The van der Waals surface area contributed by atoms with Gasteiger partial charge in [-0.3, -0.25) is 19.7 Å². The molecule has 0 radical (unpaired) electrons. The van der Waals surface area contributed by atoms with Gasteiger partial charge in [0.15, 0.2) is 0 Å². The molecule has 0 aromatic heterocycles. The quantitative estimate of drug-likeness (QED) is 0.480. The molecule has 9 heteroatoms. The van der Waals surface area contributed by atoms with Gasteiger partial charge >= 0.3 is 5.97 Å². The zero-order chi connectivity index (χ0) is 20.7. The van der Waals surface area contributed by atoms with Gasteiger partial charge in [0.05, 0.1) is 34.6 Å². The average Bonchev–Trinajstić information content (AvgIpc) is 2.65. The fourth-order valence-corrected chi connectivity index (χ4v) is 2.74. The largest absolute Gasteiger partial charge is 0.494 e. The van der Waals surface area contributed by atoms with Crippen molar-refractivity contribution in [1.82, 2.24) is 5.32 Å². The summed E-state index contributed by atoms with van der Waals surface area (Å²) in [6, 6.07) is 9.41. The van der Waals surface area contributed by atoms with E-state index in [1.807, 2.05) is 6.92 Å². The lowest BCUT2D eigenvalue weighted by Crippen LogP contribution is -2.30. The second-order valence-corrected chi connectivity index (χ2v) is 6.37. The number of nitrogens with one attached hydrogen (secondary N) is 1. The van der Waals surface area contributed by atoms with Crippen molar-refractivity contribution in [2.45, 2.75) is 25.8 Å². The number of ether oxygens (including phenoxy) is 1. The van der Waals surface area contributed by atoms with E-state index in [0.717, 1.165) is 18.6 Å².